The van der Waals surface area contributed by atoms with Gasteiger partial charge in [0.05, 0.1) is 11.3 Å². The van der Waals surface area contributed by atoms with Crippen molar-refractivity contribution in [2.45, 2.75) is 45.2 Å². The van der Waals surface area contributed by atoms with Crippen LogP contribution in [0.25, 0.3) is 11.8 Å². The molecule has 4 nitrogen and oxygen atoms in total. The number of halogens is 3. The van der Waals surface area contributed by atoms with Crippen molar-refractivity contribution in [3.05, 3.63) is 58.9 Å². The third-order valence-corrected chi connectivity index (χ3v) is 5.24. The Labute approximate surface area is 174 Å². The lowest BCUT2D eigenvalue weighted by Gasteiger charge is -2.26. The summed E-state index contributed by atoms with van der Waals surface area (Å²) in [7, 11) is 0. The molecule has 1 amide bonds. The summed E-state index contributed by atoms with van der Waals surface area (Å²) in [4.78, 5) is 14.4. The summed E-state index contributed by atoms with van der Waals surface area (Å²) in [5.41, 5.74) is 0.476. The Morgan fingerprint density at radius 3 is 2.43 bits per heavy atom. The number of hydrogen-bond donors (Lipinski definition) is 0. The van der Waals surface area contributed by atoms with Gasteiger partial charge < -0.3 is 9.47 Å². The fourth-order valence-corrected chi connectivity index (χ4v) is 3.73. The predicted molar refractivity (Wildman–Crippen MR) is 109 cm³/mol. The predicted octanol–water partition coefficient (Wildman–Crippen LogP) is 5.54. The molecule has 0 atom stereocenters. The molecular formula is C23H24F3N3O. The lowest BCUT2D eigenvalue weighted by molar-refractivity contribution is -0.137. The van der Waals surface area contributed by atoms with Crippen LogP contribution < -0.4 is 0 Å². The summed E-state index contributed by atoms with van der Waals surface area (Å²) in [6.45, 7) is 5.02. The highest BCUT2D eigenvalue weighted by Gasteiger charge is 2.34. The van der Waals surface area contributed by atoms with E-state index in [-0.39, 0.29) is 23.1 Å². The van der Waals surface area contributed by atoms with Gasteiger partial charge >= 0.3 is 6.18 Å². The lowest BCUT2D eigenvalue weighted by Crippen LogP contribution is -2.36. The summed E-state index contributed by atoms with van der Waals surface area (Å²) < 4.78 is 42.1. The Balaban J connectivity index is 2.04. The Kier molecular flexibility index (Phi) is 6.35. The second kappa shape index (κ2) is 8.78. The van der Waals surface area contributed by atoms with Crippen LogP contribution in [0.2, 0.25) is 0 Å². The van der Waals surface area contributed by atoms with Gasteiger partial charge in [-0.15, -0.1) is 0 Å². The van der Waals surface area contributed by atoms with Gasteiger partial charge in [0.25, 0.3) is 5.91 Å². The average Bonchev–Trinajstić information content (AvgIpc) is 3.16. The van der Waals surface area contributed by atoms with Gasteiger partial charge in [0.1, 0.15) is 11.6 Å². The molecule has 1 aromatic carbocycles. The first-order valence-electron chi connectivity index (χ1n) is 10.0. The van der Waals surface area contributed by atoms with E-state index in [0.29, 0.717) is 24.3 Å². The van der Waals surface area contributed by atoms with Crippen LogP contribution in [0.15, 0.2) is 42.1 Å². The van der Waals surface area contributed by atoms with Crippen molar-refractivity contribution in [2.75, 3.05) is 13.1 Å². The maximum atomic E-state index is 13.5. The van der Waals surface area contributed by atoms with E-state index in [1.54, 1.807) is 23.2 Å². The molecule has 0 aliphatic carbocycles. The van der Waals surface area contributed by atoms with Crippen molar-refractivity contribution in [1.29, 1.82) is 5.26 Å². The number of carbonyl (C=O) groups excluding carboxylic acids is 1. The van der Waals surface area contributed by atoms with Crippen LogP contribution in [0, 0.1) is 11.3 Å². The normalized spacial score (nSPS) is 15.4. The quantitative estimate of drug-likeness (QED) is 0.486. The van der Waals surface area contributed by atoms with Gasteiger partial charge in [-0.3, -0.25) is 4.79 Å². The molecule has 0 radical (unpaired) electrons. The molecular weight excluding hydrogens is 391 g/mol. The van der Waals surface area contributed by atoms with Crippen LogP contribution in [0.1, 0.15) is 55.8 Å². The van der Waals surface area contributed by atoms with E-state index in [4.69, 9.17) is 0 Å². The maximum absolute atomic E-state index is 13.5. The van der Waals surface area contributed by atoms with Gasteiger partial charge in [-0.25, -0.2) is 0 Å². The second-order valence-electron chi connectivity index (χ2n) is 7.76. The number of rotatable bonds is 4. The van der Waals surface area contributed by atoms with Gasteiger partial charge in [0.2, 0.25) is 0 Å². The van der Waals surface area contributed by atoms with Gasteiger partial charge in [-0.2, -0.15) is 18.4 Å². The number of nitrogens with zero attached hydrogens (tertiary/aromatic N) is 3. The third kappa shape index (κ3) is 4.59. The highest BCUT2D eigenvalue weighted by Crippen LogP contribution is 2.35. The number of benzene rings is 1. The molecule has 1 saturated heterocycles. The third-order valence-electron chi connectivity index (χ3n) is 5.24. The van der Waals surface area contributed by atoms with Crippen molar-refractivity contribution in [2.24, 2.45) is 0 Å². The molecule has 7 heteroatoms. The Morgan fingerprint density at radius 2 is 1.83 bits per heavy atom. The number of aromatic nitrogens is 1. The van der Waals surface area contributed by atoms with E-state index >= 15 is 0 Å². The fraction of sp³-hybridized carbons (Fsp3) is 0.391. The number of carbonyl (C=O) groups is 1. The molecule has 1 aliphatic rings. The van der Waals surface area contributed by atoms with Gasteiger partial charge in [-0.1, -0.05) is 26.0 Å². The topological polar surface area (TPSA) is 49.0 Å². The van der Waals surface area contributed by atoms with Crippen molar-refractivity contribution in [1.82, 2.24) is 9.47 Å². The molecule has 1 aliphatic heterocycles. The molecule has 0 saturated carbocycles. The molecule has 2 aromatic rings. The zero-order valence-corrected chi connectivity index (χ0v) is 17.0. The van der Waals surface area contributed by atoms with Crippen LogP contribution in [-0.4, -0.2) is 28.5 Å². The van der Waals surface area contributed by atoms with Crippen LogP contribution in [-0.2, 0) is 11.0 Å². The average molecular weight is 415 g/mol. The van der Waals surface area contributed by atoms with Gasteiger partial charge in [0, 0.05) is 25.0 Å². The largest absolute Gasteiger partial charge is 0.418 e. The standard InChI is InChI=1S/C23H24F3N3O/c1-16(2)21-13-17(12-18(14-27)22(30)28-10-6-3-7-11-28)15-29(21)20-9-5-4-8-19(20)23(24,25)26/h4-5,8-9,12-13,15-16H,3,6-7,10-11H2,1-2H3/b18-12+. The Bertz CT molecular complexity index is 990. The van der Waals surface area contributed by atoms with Crippen LogP contribution in [0.5, 0.6) is 0 Å². The second-order valence-corrected chi connectivity index (χ2v) is 7.76. The SMILES string of the molecule is CC(C)c1cc(/C=C(\C#N)C(=O)N2CCCCC2)cn1-c1ccccc1C(F)(F)F. The van der Waals surface area contributed by atoms with Crippen LogP contribution >= 0.6 is 0 Å². The van der Waals surface area contributed by atoms with E-state index in [1.807, 2.05) is 19.9 Å². The fourth-order valence-electron chi connectivity index (χ4n) is 3.73. The van der Waals surface area contributed by atoms with E-state index in [9.17, 15) is 23.2 Å². The van der Waals surface area contributed by atoms with E-state index in [0.717, 1.165) is 25.3 Å². The number of alkyl halides is 3. The minimum Gasteiger partial charge on any atom is -0.338 e. The zero-order chi connectivity index (χ0) is 21.9. The van der Waals surface area contributed by atoms with Crippen molar-refractivity contribution in [3.8, 4) is 11.8 Å². The van der Waals surface area contributed by atoms with Crippen molar-refractivity contribution in [3.63, 3.8) is 0 Å². The summed E-state index contributed by atoms with van der Waals surface area (Å²) in [6, 6.07) is 9.09. The monoisotopic (exact) mass is 415 g/mol. The molecule has 0 spiro atoms. The molecule has 158 valence electrons. The first-order valence-corrected chi connectivity index (χ1v) is 10.0. The number of hydrogen-bond acceptors (Lipinski definition) is 2. The van der Waals surface area contributed by atoms with Crippen molar-refractivity contribution < 1.29 is 18.0 Å². The zero-order valence-electron chi connectivity index (χ0n) is 17.0. The molecule has 0 N–H and O–H groups in total. The summed E-state index contributed by atoms with van der Waals surface area (Å²) in [6.07, 6.45) is 1.41. The van der Waals surface area contributed by atoms with E-state index in [2.05, 4.69) is 0 Å². The molecule has 0 unspecified atom stereocenters. The van der Waals surface area contributed by atoms with Crippen molar-refractivity contribution >= 4 is 12.0 Å². The summed E-state index contributed by atoms with van der Waals surface area (Å²) in [5.74, 6) is -0.386. The molecule has 30 heavy (non-hydrogen) atoms. The highest BCUT2D eigenvalue weighted by atomic mass is 19.4. The maximum Gasteiger partial charge on any atom is 0.418 e. The van der Waals surface area contributed by atoms with Crippen LogP contribution in [0.3, 0.4) is 0 Å². The first-order chi connectivity index (χ1) is 14.2. The Morgan fingerprint density at radius 1 is 1.17 bits per heavy atom. The van der Waals surface area contributed by atoms with Gasteiger partial charge in [-0.05, 0) is 55.0 Å². The van der Waals surface area contributed by atoms with E-state index < -0.39 is 11.7 Å². The molecule has 3 rings (SSSR count). The molecule has 0 bridgehead atoms. The minimum absolute atomic E-state index is 0.00605. The number of nitriles is 1. The molecule has 1 fully saturated rings. The van der Waals surface area contributed by atoms with Gasteiger partial charge in [0.15, 0.2) is 0 Å². The summed E-state index contributed by atoms with van der Waals surface area (Å²) >= 11 is 0. The summed E-state index contributed by atoms with van der Waals surface area (Å²) in [5, 5.41) is 9.52. The minimum atomic E-state index is -4.49. The number of amides is 1. The molecule has 1 aromatic heterocycles. The molecule has 2 heterocycles. The first kappa shape index (κ1) is 21.7. The number of likely N-dealkylation sites (tertiary alicyclic amines) is 1. The smallest absolute Gasteiger partial charge is 0.338 e. The van der Waals surface area contributed by atoms with E-state index in [1.165, 1.54) is 22.8 Å². The number of para-hydroxylation sites is 1. The number of piperidine rings is 1. The van der Waals surface area contributed by atoms with Crippen LogP contribution in [0.4, 0.5) is 13.2 Å². The lowest BCUT2D eigenvalue weighted by atomic mass is 10.1. The Hall–Kier alpha value is -3.01. The highest BCUT2D eigenvalue weighted by molar-refractivity contribution is 6.01.